The van der Waals surface area contributed by atoms with Crippen LogP contribution >= 0.6 is 11.6 Å². The summed E-state index contributed by atoms with van der Waals surface area (Å²) in [6.07, 6.45) is -0.713. The van der Waals surface area contributed by atoms with E-state index < -0.39 is 12.1 Å². The summed E-state index contributed by atoms with van der Waals surface area (Å²) in [5.41, 5.74) is 5.14. The van der Waals surface area contributed by atoms with Crippen LogP contribution in [0.4, 0.5) is 11.4 Å². The third-order valence-corrected chi connectivity index (χ3v) is 5.40. The summed E-state index contributed by atoms with van der Waals surface area (Å²) >= 11 is 5.70. The Morgan fingerprint density at radius 3 is 2.55 bits per heavy atom. The number of carbonyl (C=O) groups is 1. The summed E-state index contributed by atoms with van der Waals surface area (Å²) in [6.45, 7) is 2.74. The monoisotopic (exact) mass is 463 g/mol. The van der Waals surface area contributed by atoms with E-state index in [4.69, 9.17) is 16.3 Å². The number of aliphatic hydroxyl groups excluding tert-OH is 1. The van der Waals surface area contributed by atoms with Gasteiger partial charge in [0.15, 0.2) is 0 Å². The smallest absolute Gasteiger partial charge is 0.340 e. The Kier molecular flexibility index (Phi) is 8.71. The van der Waals surface area contributed by atoms with Crippen molar-refractivity contribution >= 4 is 28.9 Å². The van der Waals surface area contributed by atoms with E-state index >= 15 is 0 Å². The van der Waals surface area contributed by atoms with Gasteiger partial charge in [0.05, 0.1) is 47.2 Å². The molecule has 0 heterocycles. The molecule has 0 aromatic heterocycles. The lowest BCUT2D eigenvalue weighted by molar-refractivity contribution is 0.0527. The number of halogens is 1. The number of esters is 1. The molecular weight excluding hydrogens is 438 g/mol. The molecule has 0 aliphatic rings. The van der Waals surface area contributed by atoms with Gasteiger partial charge in [-0.15, -0.1) is 11.6 Å². The first-order valence-corrected chi connectivity index (χ1v) is 11.2. The fraction of sp³-hybridized carbons (Fsp3) is 0.231. The van der Waals surface area contributed by atoms with Gasteiger partial charge < -0.3 is 20.5 Å². The standard InChI is InChI=1S/C26H26ClN3O3/c1-2-33-26(32)23-8-5-9-24(29-17-21(31)14-27)25(23)30-16-18-10-12-19(13-11-18)22-7-4-3-6-20(22)15-28/h3-13,21,29-31H,2,14,16-17H2,1H3. The molecule has 0 fully saturated rings. The molecule has 3 rings (SSSR count). The summed E-state index contributed by atoms with van der Waals surface area (Å²) in [5.74, 6) is -0.320. The van der Waals surface area contributed by atoms with Crippen molar-refractivity contribution in [3.63, 3.8) is 0 Å². The quantitative estimate of drug-likeness (QED) is 0.288. The molecule has 7 heteroatoms. The lowest BCUT2D eigenvalue weighted by atomic mass is 9.99. The van der Waals surface area contributed by atoms with Crippen LogP contribution in [0.5, 0.6) is 0 Å². The number of alkyl halides is 1. The summed E-state index contributed by atoms with van der Waals surface area (Å²) in [7, 11) is 0. The van der Waals surface area contributed by atoms with Crippen LogP contribution in [-0.4, -0.2) is 36.2 Å². The Labute approximate surface area is 198 Å². The van der Waals surface area contributed by atoms with Crippen molar-refractivity contribution < 1.29 is 14.6 Å². The van der Waals surface area contributed by atoms with Gasteiger partial charge in [-0.25, -0.2) is 4.79 Å². The highest BCUT2D eigenvalue weighted by molar-refractivity contribution is 6.18. The van der Waals surface area contributed by atoms with Gasteiger partial charge in [0.1, 0.15) is 0 Å². The predicted molar refractivity (Wildman–Crippen MR) is 132 cm³/mol. The molecule has 3 aromatic carbocycles. The van der Waals surface area contributed by atoms with Crippen molar-refractivity contribution in [2.24, 2.45) is 0 Å². The van der Waals surface area contributed by atoms with Gasteiger partial charge in [-0.1, -0.05) is 48.5 Å². The topological polar surface area (TPSA) is 94.4 Å². The number of para-hydroxylation sites is 1. The maximum atomic E-state index is 12.5. The first-order chi connectivity index (χ1) is 16.1. The number of hydrogen-bond acceptors (Lipinski definition) is 6. The van der Waals surface area contributed by atoms with Crippen LogP contribution in [0.25, 0.3) is 11.1 Å². The van der Waals surface area contributed by atoms with E-state index in [1.54, 1.807) is 25.1 Å². The number of benzene rings is 3. The van der Waals surface area contributed by atoms with E-state index in [1.165, 1.54) is 0 Å². The van der Waals surface area contributed by atoms with Crippen LogP contribution in [0.15, 0.2) is 66.7 Å². The first kappa shape index (κ1) is 24.1. The van der Waals surface area contributed by atoms with Gasteiger partial charge in [-0.05, 0) is 41.8 Å². The maximum absolute atomic E-state index is 12.5. The predicted octanol–water partition coefficient (Wildman–Crippen LogP) is 5.03. The zero-order valence-electron chi connectivity index (χ0n) is 18.3. The minimum Gasteiger partial charge on any atom is -0.462 e. The molecule has 3 aromatic rings. The number of rotatable bonds is 10. The molecule has 0 aliphatic carbocycles. The van der Waals surface area contributed by atoms with Crippen LogP contribution in [0.3, 0.4) is 0 Å². The number of aliphatic hydroxyl groups is 1. The van der Waals surface area contributed by atoms with Gasteiger partial charge in [0, 0.05) is 13.1 Å². The number of anilines is 2. The average molecular weight is 464 g/mol. The lowest BCUT2D eigenvalue weighted by Gasteiger charge is -2.18. The molecule has 0 amide bonds. The fourth-order valence-electron chi connectivity index (χ4n) is 3.38. The Hall–Kier alpha value is -3.53. The SMILES string of the molecule is CCOC(=O)c1cccc(NCC(O)CCl)c1NCc1ccc(-c2ccccc2C#N)cc1. The van der Waals surface area contributed by atoms with Gasteiger partial charge in [-0.3, -0.25) is 0 Å². The number of nitrogens with zero attached hydrogens (tertiary/aromatic N) is 1. The lowest BCUT2D eigenvalue weighted by Crippen LogP contribution is -2.22. The number of hydrogen-bond donors (Lipinski definition) is 3. The molecule has 6 nitrogen and oxygen atoms in total. The zero-order chi connectivity index (χ0) is 23.6. The molecular formula is C26H26ClN3O3. The molecule has 0 saturated carbocycles. The van der Waals surface area contributed by atoms with Crippen molar-refractivity contribution in [2.45, 2.75) is 19.6 Å². The van der Waals surface area contributed by atoms with E-state index in [-0.39, 0.29) is 19.0 Å². The van der Waals surface area contributed by atoms with Crippen LogP contribution in [0.1, 0.15) is 28.4 Å². The summed E-state index contributed by atoms with van der Waals surface area (Å²) in [4.78, 5) is 12.5. The Morgan fingerprint density at radius 2 is 1.85 bits per heavy atom. The number of nitrogens with one attached hydrogen (secondary N) is 2. The van der Waals surface area contributed by atoms with Crippen LogP contribution in [0, 0.1) is 11.3 Å². The van der Waals surface area contributed by atoms with Gasteiger partial charge in [-0.2, -0.15) is 5.26 Å². The minimum absolute atomic E-state index is 0.106. The van der Waals surface area contributed by atoms with Crippen LogP contribution in [-0.2, 0) is 11.3 Å². The minimum atomic E-state index is -0.713. The van der Waals surface area contributed by atoms with Crippen molar-refractivity contribution in [3.05, 3.63) is 83.4 Å². The second-order valence-corrected chi connectivity index (χ2v) is 7.65. The molecule has 0 spiro atoms. The van der Waals surface area contributed by atoms with Gasteiger partial charge in [0.25, 0.3) is 0 Å². The summed E-state index contributed by atoms with van der Waals surface area (Å²) in [5, 5.41) is 25.6. The summed E-state index contributed by atoms with van der Waals surface area (Å²) in [6, 6.07) is 22.9. The maximum Gasteiger partial charge on any atom is 0.340 e. The van der Waals surface area contributed by atoms with Gasteiger partial charge >= 0.3 is 5.97 Å². The van der Waals surface area contributed by atoms with E-state index in [0.29, 0.717) is 29.0 Å². The van der Waals surface area contributed by atoms with E-state index in [9.17, 15) is 15.2 Å². The van der Waals surface area contributed by atoms with Crippen molar-refractivity contribution in [3.8, 4) is 17.2 Å². The average Bonchev–Trinajstić information content (AvgIpc) is 2.86. The first-order valence-electron chi connectivity index (χ1n) is 10.7. The molecule has 3 N–H and O–H groups in total. The van der Waals surface area contributed by atoms with Crippen LogP contribution in [0.2, 0.25) is 0 Å². The molecule has 1 unspecified atom stereocenters. The number of ether oxygens (including phenoxy) is 1. The van der Waals surface area contributed by atoms with Crippen molar-refractivity contribution in [2.75, 3.05) is 29.7 Å². The Morgan fingerprint density at radius 1 is 1.09 bits per heavy atom. The van der Waals surface area contributed by atoms with E-state index in [0.717, 1.165) is 16.7 Å². The fourth-order valence-corrected chi connectivity index (χ4v) is 3.49. The highest BCUT2D eigenvalue weighted by atomic mass is 35.5. The second-order valence-electron chi connectivity index (χ2n) is 7.35. The highest BCUT2D eigenvalue weighted by Gasteiger charge is 2.16. The van der Waals surface area contributed by atoms with Crippen molar-refractivity contribution in [1.29, 1.82) is 5.26 Å². The molecule has 0 bridgehead atoms. The zero-order valence-corrected chi connectivity index (χ0v) is 19.1. The van der Waals surface area contributed by atoms with E-state index in [1.807, 2.05) is 48.5 Å². The third kappa shape index (κ3) is 6.26. The van der Waals surface area contributed by atoms with Gasteiger partial charge in [0.2, 0.25) is 0 Å². The highest BCUT2D eigenvalue weighted by Crippen LogP contribution is 2.29. The molecule has 0 radical (unpaired) electrons. The Balaban J connectivity index is 1.81. The second kappa shape index (κ2) is 11.9. The van der Waals surface area contributed by atoms with Crippen molar-refractivity contribution in [1.82, 2.24) is 0 Å². The largest absolute Gasteiger partial charge is 0.462 e. The third-order valence-electron chi connectivity index (χ3n) is 5.05. The van der Waals surface area contributed by atoms with Crippen LogP contribution < -0.4 is 10.6 Å². The molecule has 1 atom stereocenters. The molecule has 33 heavy (non-hydrogen) atoms. The molecule has 170 valence electrons. The summed E-state index contributed by atoms with van der Waals surface area (Å²) < 4.78 is 5.21. The normalized spacial score (nSPS) is 11.3. The number of carbonyl (C=O) groups excluding carboxylic acids is 1. The molecule has 0 aliphatic heterocycles. The van der Waals surface area contributed by atoms with E-state index in [2.05, 4.69) is 16.7 Å². The Bertz CT molecular complexity index is 1130. The molecule has 0 saturated heterocycles. The number of nitriles is 1.